The molecule has 0 amide bonds. The van der Waals surface area contributed by atoms with Gasteiger partial charge in [0.15, 0.2) is 5.78 Å². The third kappa shape index (κ3) is 8.44. The first-order valence-corrected chi connectivity index (χ1v) is 7.98. The second kappa shape index (κ2) is 8.76. The monoisotopic (exact) mass is 288 g/mol. The molecule has 2 nitrogen and oxygen atoms in total. The molecule has 0 radical (unpaired) electrons. The summed E-state index contributed by atoms with van der Waals surface area (Å²) in [5.41, 5.74) is 1.04. The smallest absolute Gasteiger partial charge is 0.170 e. The van der Waals surface area contributed by atoms with Crippen LogP contribution < -0.4 is 0 Å². The summed E-state index contributed by atoms with van der Waals surface area (Å²) < 4.78 is 0. The van der Waals surface area contributed by atoms with Crippen molar-refractivity contribution in [1.29, 1.82) is 0 Å². The van der Waals surface area contributed by atoms with E-state index in [9.17, 15) is 9.59 Å². The predicted molar refractivity (Wildman–Crippen MR) is 87.6 cm³/mol. The van der Waals surface area contributed by atoms with Gasteiger partial charge in [0.2, 0.25) is 0 Å². The molecular weight excluding hydrogens is 260 g/mol. The van der Waals surface area contributed by atoms with Crippen LogP contribution in [0.25, 0.3) is 0 Å². The van der Waals surface area contributed by atoms with Crippen LogP contribution in [-0.4, -0.2) is 11.6 Å². The lowest BCUT2D eigenvalue weighted by Crippen LogP contribution is -2.08. The Morgan fingerprint density at radius 1 is 0.905 bits per heavy atom. The lowest BCUT2D eigenvalue weighted by atomic mass is 9.89. The minimum absolute atomic E-state index is 0.0476. The topological polar surface area (TPSA) is 34.1 Å². The number of carbonyl (C=O) groups is 2. The third-order valence-corrected chi connectivity index (χ3v) is 3.59. The number of unbranched alkanes of at least 4 members (excludes halogenated alkanes) is 3. The Hall–Kier alpha value is -1.44. The van der Waals surface area contributed by atoms with Gasteiger partial charge in [-0.1, -0.05) is 70.4 Å². The molecule has 0 aliphatic heterocycles. The van der Waals surface area contributed by atoms with Gasteiger partial charge >= 0.3 is 0 Å². The Bertz CT molecular complexity index is 440. The summed E-state index contributed by atoms with van der Waals surface area (Å²) in [5, 5.41) is 0. The van der Waals surface area contributed by atoms with Crippen molar-refractivity contribution in [3.8, 4) is 0 Å². The maximum atomic E-state index is 11.9. The second-order valence-electron chi connectivity index (χ2n) is 6.98. The van der Waals surface area contributed by atoms with Gasteiger partial charge < -0.3 is 0 Å². The number of benzene rings is 1. The molecular formula is C19H28O2. The number of Topliss-reactive ketones (excluding diaryl/α,β-unsaturated/α-hetero) is 2. The van der Waals surface area contributed by atoms with E-state index in [1.165, 1.54) is 19.3 Å². The first-order valence-electron chi connectivity index (χ1n) is 7.98. The van der Waals surface area contributed by atoms with Crippen molar-refractivity contribution in [2.75, 3.05) is 0 Å². The molecule has 2 heteroatoms. The molecule has 1 aromatic rings. The zero-order valence-corrected chi connectivity index (χ0v) is 13.7. The average Bonchev–Trinajstić information content (AvgIpc) is 2.42. The molecule has 0 aliphatic carbocycles. The van der Waals surface area contributed by atoms with E-state index < -0.39 is 0 Å². The summed E-state index contributed by atoms with van der Waals surface area (Å²) in [7, 11) is 0. The van der Waals surface area contributed by atoms with Gasteiger partial charge in [0.25, 0.3) is 0 Å². The second-order valence-corrected chi connectivity index (χ2v) is 6.98. The molecule has 1 aromatic carbocycles. The summed E-state index contributed by atoms with van der Waals surface area (Å²) in [6.07, 6.45) is 6.21. The van der Waals surface area contributed by atoms with Gasteiger partial charge in [-0.3, -0.25) is 9.59 Å². The Balaban J connectivity index is 2.13. The number of carbonyl (C=O) groups excluding carboxylic acids is 2. The Kier molecular flexibility index (Phi) is 7.35. The highest BCUT2D eigenvalue weighted by Crippen LogP contribution is 2.22. The van der Waals surface area contributed by atoms with E-state index in [1.54, 1.807) is 12.1 Å². The van der Waals surface area contributed by atoms with E-state index in [1.807, 2.05) is 18.2 Å². The van der Waals surface area contributed by atoms with Crippen LogP contribution in [0.15, 0.2) is 30.3 Å². The van der Waals surface area contributed by atoms with Crippen LogP contribution in [0, 0.1) is 5.41 Å². The van der Waals surface area contributed by atoms with Gasteiger partial charge in [-0.2, -0.15) is 0 Å². The van der Waals surface area contributed by atoms with Gasteiger partial charge in [0.1, 0.15) is 5.78 Å². The van der Waals surface area contributed by atoms with E-state index in [2.05, 4.69) is 20.8 Å². The minimum atomic E-state index is -0.0617. The number of hydrogen-bond acceptors (Lipinski definition) is 2. The molecule has 0 atom stereocenters. The largest absolute Gasteiger partial charge is 0.299 e. The summed E-state index contributed by atoms with van der Waals surface area (Å²) in [5.74, 6) is 0.00741. The van der Waals surface area contributed by atoms with E-state index in [4.69, 9.17) is 0 Å². The fourth-order valence-corrected chi connectivity index (χ4v) is 2.32. The number of ketones is 2. The van der Waals surface area contributed by atoms with Crippen molar-refractivity contribution in [2.45, 2.75) is 65.7 Å². The van der Waals surface area contributed by atoms with Crippen LogP contribution in [-0.2, 0) is 4.79 Å². The molecule has 0 unspecified atom stereocenters. The summed E-state index contributed by atoms with van der Waals surface area (Å²) >= 11 is 0. The highest BCUT2D eigenvalue weighted by atomic mass is 16.1. The Morgan fingerprint density at radius 3 is 2.14 bits per heavy atom. The Morgan fingerprint density at radius 2 is 1.52 bits per heavy atom. The van der Waals surface area contributed by atoms with Crippen LogP contribution in [0.1, 0.15) is 76.1 Å². The molecule has 0 saturated carbocycles. The molecule has 0 heterocycles. The molecule has 0 saturated heterocycles. The number of hydrogen-bond donors (Lipinski definition) is 0. The Labute approximate surface area is 128 Å². The zero-order valence-electron chi connectivity index (χ0n) is 13.7. The van der Waals surface area contributed by atoms with Crippen molar-refractivity contribution in [3.05, 3.63) is 35.9 Å². The van der Waals surface area contributed by atoms with Crippen LogP contribution in [0.2, 0.25) is 0 Å². The molecule has 116 valence electrons. The van der Waals surface area contributed by atoms with Crippen LogP contribution in [0.3, 0.4) is 0 Å². The highest BCUT2D eigenvalue weighted by molar-refractivity contribution is 6.07. The first kappa shape index (κ1) is 17.6. The van der Waals surface area contributed by atoms with E-state index in [0.717, 1.165) is 12.8 Å². The lowest BCUT2D eigenvalue weighted by molar-refractivity contribution is -0.118. The molecule has 1 rings (SSSR count). The lowest BCUT2D eigenvalue weighted by Gasteiger charge is -2.17. The zero-order chi connectivity index (χ0) is 15.7. The minimum Gasteiger partial charge on any atom is -0.299 e. The third-order valence-electron chi connectivity index (χ3n) is 3.59. The molecule has 0 bridgehead atoms. The van der Waals surface area contributed by atoms with E-state index in [0.29, 0.717) is 17.4 Å². The van der Waals surface area contributed by atoms with Gasteiger partial charge in [-0.05, 0) is 18.3 Å². The summed E-state index contributed by atoms with van der Waals surface area (Å²) in [4.78, 5) is 23.7. The molecule has 21 heavy (non-hydrogen) atoms. The van der Waals surface area contributed by atoms with Crippen molar-refractivity contribution in [3.63, 3.8) is 0 Å². The molecule has 0 aliphatic rings. The van der Waals surface area contributed by atoms with E-state index >= 15 is 0 Å². The van der Waals surface area contributed by atoms with Gasteiger partial charge in [0.05, 0.1) is 6.42 Å². The predicted octanol–water partition coefficient (Wildman–Crippen LogP) is 5.22. The normalized spacial score (nSPS) is 11.4. The van der Waals surface area contributed by atoms with Gasteiger partial charge in [0, 0.05) is 12.0 Å². The molecule has 0 spiro atoms. The summed E-state index contributed by atoms with van der Waals surface area (Å²) in [6.45, 7) is 6.77. The fourth-order valence-electron chi connectivity index (χ4n) is 2.32. The molecule has 0 aromatic heterocycles. The van der Waals surface area contributed by atoms with Gasteiger partial charge in [-0.25, -0.2) is 0 Å². The first-order chi connectivity index (χ1) is 9.88. The van der Waals surface area contributed by atoms with Gasteiger partial charge in [-0.15, -0.1) is 0 Å². The van der Waals surface area contributed by atoms with Crippen molar-refractivity contribution < 1.29 is 9.59 Å². The maximum Gasteiger partial charge on any atom is 0.170 e. The average molecular weight is 288 g/mol. The fraction of sp³-hybridized carbons (Fsp3) is 0.579. The standard InChI is InChI=1S/C19H28O2/c1-19(2,3)14-10-5-4-9-13-17(20)15-18(21)16-11-7-6-8-12-16/h6-8,11-12H,4-5,9-10,13-15H2,1-3H3. The van der Waals surface area contributed by atoms with Crippen LogP contribution >= 0.6 is 0 Å². The number of rotatable bonds is 9. The quantitative estimate of drug-likeness (QED) is 0.355. The van der Waals surface area contributed by atoms with Crippen molar-refractivity contribution >= 4 is 11.6 Å². The SMILES string of the molecule is CC(C)(C)CCCCCCC(=O)CC(=O)c1ccccc1. The van der Waals surface area contributed by atoms with Crippen molar-refractivity contribution in [1.82, 2.24) is 0 Å². The molecule has 0 N–H and O–H groups in total. The highest BCUT2D eigenvalue weighted by Gasteiger charge is 2.11. The van der Waals surface area contributed by atoms with E-state index in [-0.39, 0.29) is 18.0 Å². The maximum absolute atomic E-state index is 11.9. The van der Waals surface area contributed by atoms with Crippen LogP contribution in [0.4, 0.5) is 0 Å². The van der Waals surface area contributed by atoms with Crippen molar-refractivity contribution in [2.24, 2.45) is 5.41 Å². The van der Waals surface area contributed by atoms with Crippen LogP contribution in [0.5, 0.6) is 0 Å². The molecule has 0 fully saturated rings. The summed E-state index contributed by atoms with van der Waals surface area (Å²) in [6, 6.07) is 9.06.